The molecule has 7 nitrogen and oxygen atoms in total. The lowest BCUT2D eigenvalue weighted by molar-refractivity contribution is -0.130. The minimum Gasteiger partial charge on any atom is -0.341 e. The van der Waals surface area contributed by atoms with Gasteiger partial charge in [-0.2, -0.15) is 0 Å². The molecule has 1 saturated heterocycles. The van der Waals surface area contributed by atoms with E-state index in [2.05, 4.69) is 0 Å². The number of rotatable bonds is 6. The number of fused-ring (bicyclic) bond motifs is 1. The minimum atomic E-state index is -3.07. The summed E-state index contributed by atoms with van der Waals surface area (Å²) in [7, 11) is -1.42. The van der Waals surface area contributed by atoms with Crippen molar-refractivity contribution in [3.8, 4) is 10.4 Å². The number of hydrogen-bond donors (Lipinski definition) is 0. The zero-order valence-electron chi connectivity index (χ0n) is 17.4. The first kappa shape index (κ1) is 22.5. The first-order chi connectivity index (χ1) is 14.7. The van der Waals surface area contributed by atoms with E-state index >= 15 is 0 Å². The molecular weight excluding hydrogens is 475 g/mol. The topological polar surface area (TPSA) is 89.3 Å². The molecule has 2 unspecified atom stereocenters. The molecule has 1 aliphatic heterocycles. The summed E-state index contributed by atoms with van der Waals surface area (Å²) in [6.45, 7) is 4.11. The average molecular weight is 498 g/mol. The Morgan fingerprint density at radius 1 is 1.42 bits per heavy atom. The predicted molar refractivity (Wildman–Crippen MR) is 128 cm³/mol. The third kappa shape index (κ3) is 4.33. The number of amides is 1. The van der Waals surface area contributed by atoms with Gasteiger partial charge in [0.15, 0.2) is 15.0 Å². The number of carbonyl (C=O) groups excluding carboxylic acids is 1. The second kappa shape index (κ2) is 8.68. The van der Waals surface area contributed by atoms with Gasteiger partial charge < -0.3 is 4.90 Å². The van der Waals surface area contributed by atoms with E-state index in [4.69, 9.17) is 4.98 Å². The van der Waals surface area contributed by atoms with Crippen LogP contribution in [-0.4, -0.2) is 58.6 Å². The Morgan fingerprint density at radius 3 is 2.81 bits per heavy atom. The molecule has 0 radical (unpaired) electrons. The Labute approximate surface area is 193 Å². The molecule has 2 atom stereocenters. The fourth-order valence-corrected chi connectivity index (χ4v) is 8.39. The smallest absolute Gasteiger partial charge is 0.263 e. The third-order valence-electron chi connectivity index (χ3n) is 5.50. The van der Waals surface area contributed by atoms with Gasteiger partial charge in [-0.1, -0.05) is 17.8 Å². The van der Waals surface area contributed by atoms with Gasteiger partial charge in [-0.25, -0.2) is 13.4 Å². The molecule has 0 aromatic carbocycles. The van der Waals surface area contributed by atoms with Crippen LogP contribution in [0.3, 0.4) is 0 Å². The molecule has 11 heteroatoms. The summed E-state index contributed by atoms with van der Waals surface area (Å²) < 4.78 is 25.2. The van der Waals surface area contributed by atoms with Crippen molar-refractivity contribution in [3.63, 3.8) is 0 Å². The molecule has 0 spiro atoms. The molecule has 3 aromatic heterocycles. The summed E-state index contributed by atoms with van der Waals surface area (Å²) in [6, 6.07) is 3.65. The van der Waals surface area contributed by atoms with Gasteiger partial charge in [-0.3, -0.25) is 14.2 Å². The van der Waals surface area contributed by atoms with Crippen LogP contribution in [0.1, 0.15) is 20.3 Å². The van der Waals surface area contributed by atoms with Crippen molar-refractivity contribution in [2.75, 3.05) is 18.6 Å². The van der Waals surface area contributed by atoms with Crippen molar-refractivity contribution in [3.05, 3.63) is 33.2 Å². The van der Waals surface area contributed by atoms with Gasteiger partial charge in [-0.15, -0.1) is 22.7 Å². The third-order valence-corrected chi connectivity index (χ3v) is 10.1. The number of thioether (sulfide) groups is 1. The maximum absolute atomic E-state index is 13.3. The van der Waals surface area contributed by atoms with Crippen LogP contribution in [0.4, 0.5) is 0 Å². The Balaban J connectivity index is 1.62. The number of nitrogens with zero attached hydrogens (tertiary/aromatic N) is 3. The van der Waals surface area contributed by atoms with Crippen LogP contribution < -0.4 is 5.56 Å². The van der Waals surface area contributed by atoms with Crippen LogP contribution in [0.5, 0.6) is 0 Å². The zero-order valence-corrected chi connectivity index (χ0v) is 20.7. The van der Waals surface area contributed by atoms with Crippen LogP contribution in [0, 0.1) is 0 Å². The normalized spacial score (nSPS) is 19.0. The second-order valence-corrected chi connectivity index (χ2v) is 12.9. The number of hydrogen-bond acceptors (Lipinski definition) is 8. The maximum atomic E-state index is 13.3. The fourth-order valence-electron chi connectivity index (χ4n) is 3.74. The van der Waals surface area contributed by atoms with Crippen LogP contribution in [0.2, 0.25) is 0 Å². The van der Waals surface area contributed by atoms with Gasteiger partial charge >= 0.3 is 0 Å². The first-order valence-electron chi connectivity index (χ1n) is 9.91. The van der Waals surface area contributed by atoms with E-state index < -0.39 is 15.1 Å². The molecule has 3 aromatic rings. The number of carbonyl (C=O) groups is 1. The van der Waals surface area contributed by atoms with E-state index in [1.165, 1.54) is 28.0 Å². The number of thiophene rings is 2. The Hall–Kier alpha value is -1.69. The predicted octanol–water partition coefficient (Wildman–Crippen LogP) is 3.33. The van der Waals surface area contributed by atoms with Gasteiger partial charge in [0.1, 0.15) is 4.83 Å². The summed E-state index contributed by atoms with van der Waals surface area (Å²) in [5, 5.41) is 4.57. The van der Waals surface area contributed by atoms with E-state index in [0.717, 1.165) is 10.4 Å². The molecule has 1 fully saturated rings. The zero-order chi connectivity index (χ0) is 22.3. The standard InChI is InChI=1S/C20H23N3O4S4/c1-4-23-19(25)16-14(15-6-5-8-28-15)10-29-17(16)21-20(23)30-12(2)18(24)22(3)13-7-9-31(26,27)11-13/h5-6,8,10,12-13H,4,7,9,11H2,1-3H3. The van der Waals surface area contributed by atoms with Crippen molar-refractivity contribution in [1.82, 2.24) is 14.5 Å². The largest absolute Gasteiger partial charge is 0.341 e. The van der Waals surface area contributed by atoms with Crippen molar-refractivity contribution < 1.29 is 13.2 Å². The lowest BCUT2D eigenvalue weighted by atomic mass is 10.2. The van der Waals surface area contributed by atoms with Crippen molar-refractivity contribution in [1.29, 1.82) is 0 Å². The highest BCUT2D eigenvalue weighted by atomic mass is 32.2. The highest BCUT2D eigenvalue weighted by Gasteiger charge is 2.34. The van der Waals surface area contributed by atoms with Gasteiger partial charge in [-0.05, 0) is 31.7 Å². The molecule has 0 bridgehead atoms. The van der Waals surface area contributed by atoms with Gasteiger partial charge in [0.2, 0.25) is 5.91 Å². The van der Waals surface area contributed by atoms with Crippen molar-refractivity contribution in [2.45, 2.75) is 43.3 Å². The second-order valence-electron chi connectivity index (χ2n) is 7.52. The summed E-state index contributed by atoms with van der Waals surface area (Å²) >= 11 is 4.26. The lowest BCUT2D eigenvalue weighted by Crippen LogP contribution is -2.42. The minimum absolute atomic E-state index is 0.0111. The van der Waals surface area contributed by atoms with Crippen molar-refractivity contribution >= 4 is 60.4 Å². The molecule has 4 rings (SSSR count). The van der Waals surface area contributed by atoms with Crippen LogP contribution in [0.25, 0.3) is 20.7 Å². The monoisotopic (exact) mass is 497 g/mol. The first-order valence-corrected chi connectivity index (χ1v) is 14.4. The van der Waals surface area contributed by atoms with Gasteiger partial charge in [0, 0.05) is 35.5 Å². The molecule has 4 heterocycles. The highest BCUT2D eigenvalue weighted by molar-refractivity contribution is 8.00. The molecule has 1 aliphatic rings. The fraction of sp³-hybridized carbons (Fsp3) is 0.450. The van der Waals surface area contributed by atoms with Crippen LogP contribution in [-0.2, 0) is 21.2 Å². The summed E-state index contributed by atoms with van der Waals surface area (Å²) in [6.07, 6.45) is 0.465. The Kier molecular flexibility index (Phi) is 6.30. The summed E-state index contributed by atoms with van der Waals surface area (Å²) in [5.41, 5.74) is 0.798. The van der Waals surface area contributed by atoms with Crippen molar-refractivity contribution in [2.24, 2.45) is 0 Å². The average Bonchev–Trinajstić information content (AvgIpc) is 3.46. The molecule has 0 N–H and O–H groups in total. The van der Waals surface area contributed by atoms with Crippen LogP contribution >= 0.6 is 34.4 Å². The van der Waals surface area contributed by atoms with Gasteiger partial charge in [0.25, 0.3) is 5.56 Å². The lowest BCUT2D eigenvalue weighted by Gasteiger charge is -2.26. The highest BCUT2D eigenvalue weighted by Crippen LogP contribution is 2.35. The van der Waals surface area contributed by atoms with E-state index in [1.54, 1.807) is 29.9 Å². The van der Waals surface area contributed by atoms with E-state index in [-0.39, 0.29) is 29.0 Å². The Bertz CT molecular complexity index is 1280. The number of aromatic nitrogens is 2. The van der Waals surface area contributed by atoms with Gasteiger partial charge in [0.05, 0.1) is 22.1 Å². The number of sulfone groups is 1. The molecule has 0 saturated carbocycles. The SMILES string of the molecule is CCn1c(SC(C)C(=O)N(C)C2CCS(=O)(=O)C2)nc2scc(-c3cccs3)c2c1=O. The molecule has 166 valence electrons. The molecular formula is C20H23N3O4S4. The maximum Gasteiger partial charge on any atom is 0.263 e. The Morgan fingerprint density at radius 2 is 2.19 bits per heavy atom. The van der Waals surface area contributed by atoms with E-state index in [9.17, 15) is 18.0 Å². The molecule has 1 amide bonds. The molecule has 31 heavy (non-hydrogen) atoms. The summed E-state index contributed by atoms with van der Waals surface area (Å²) in [5.74, 6) is -0.0263. The van der Waals surface area contributed by atoms with E-state index in [0.29, 0.717) is 28.3 Å². The molecule has 0 aliphatic carbocycles. The van der Waals surface area contributed by atoms with Crippen LogP contribution in [0.15, 0.2) is 32.8 Å². The quantitative estimate of drug-likeness (QED) is 0.383. The summed E-state index contributed by atoms with van der Waals surface area (Å²) in [4.78, 5) is 34.2. The van der Waals surface area contributed by atoms with E-state index in [1.807, 2.05) is 29.8 Å².